The van der Waals surface area contributed by atoms with Gasteiger partial charge in [0.15, 0.2) is 6.10 Å². The van der Waals surface area contributed by atoms with Crippen LogP contribution in [0.1, 0.15) is 17.3 Å². The zero-order chi connectivity index (χ0) is 22.7. The number of hydrogen-bond donors (Lipinski definition) is 3. The molecule has 0 saturated heterocycles. The Morgan fingerprint density at radius 1 is 1.16 bits per heavy atom. The molecule has 0 unspecified atom stereocenters. The highest BCUT2D eigenvalue weighted by Gasteiger charge is 2.23. The van der Waals surface area contributed by atoms with Crippen LogP contribution in [0.5, 0.6) is 5.75 Å². The van der Waals surface area contributed by atoms with Crippen LogP contribution in [0.4, 0.5) is 17.1 Å². The minimum Gasteiger partial charge on any atom is -0.479 e. The van der Waals surface area contributed by atoms with Crippen LogP contribution in [0.25, 0.3) is 0 Å². The molecule has 0 radical (unpaired) electrons. The lowest BCUT2D eigenvalue weighted by Crippen LogP contribution is -2.34. The Morgan fingerprint density at radius 3 is 2.62 bits per heavy atom. The number of benzene rings is 2. The van der Waals surface area contributed by atoms with Crippen molar-refractivity contribution in [3.63, 3.8) is 0 Å². The van der Waals surface area contributed by atoms with Crippen molar-refractivity contribution in [2.75, 3.05) is 21.7 Å². The summed E-state index contributed by atoms with van der Waals surface area (Å²) in [7, 11) is 1.69. The van der Waals surface area contributed by atoms with E-state index in [9.17, 15) is 14.4 Å². The van der Waals surface area contributed by atoms with Crippen molar-refractivity contribution in [2.45, 2.75) is 18.2 Å². The Kier molecular flexibility index (Phi) is 6.03. The molecule has 4 rings (SSSR count). The van der Waals surface area contributed by atoms with Gasteiger partial charge in [-0.25, -0.2) is 4.68 Å². The summed E-state index contributed by atoms with van der Waals surface area (Å²) in [6.07, 6.45) is -0.565. The lowest BCUT2D eigenvalue weighted by molar-refractivity contribution is -0.122. The van der Waals surface area contributed by atoms with E-state index in [1.807, 2.05) is 0 Å². The van der Waals surface area contributed by atoms with Gasteiger partial charge in [-0.05, 0) is 59.8 Å². The first kappa shape index (κ1) is 21.3. The number of carbonyl (C=O) groups excluding carboxylic acids is 3. The van der Waals surface area contributed by atoms with Crippen LogP contribution in [-0.2, 0) is 16.6 Å². The number of rotatable bonds is 6. The molecule has 1 aromatic heterocycles. The average molecular weight is 453 g/mol. The summed E-state index contributed by atoms with van der Waals surface area (Å²) in [6, 6.07) is 11.5. The fourth-order valence-corrected chi connectivity index (χ4v) is 3.52. The summed E-state index contributed by atoms with van der Waals surface area (Å²) in [4.78, 5) is 36.4. The van der Waals surface area contributed by atoms with E-state index in [1.54, 1.807) is 56.4 Å². The number of thioether (sulfide) groups is 1. The molecule has 0 spiro atoms. The molecule has 1 aliphatic heterocycles. The molecule has 0 aliphatic carbocycles. The Balaban J connectivity index is 1.33. The van der Waals surface area contributed by atoms with E-state index in [4.69, 9.17) is 4.74 Å². The number of fused-ring (bicyclic) bond motifs is 1. The van der Waals surface area contributed by atoms with E-state index in [1.165, 1.54) is 16.4 Å². The minimum atomic E-state index is -0.565. The maximum atomic E-state index is 12.6. The van der Waals surface area contributed by atoms with Crippen LogP contribution in [0, 0.1) is 0 Å². The van der Waals surface area contributed by atoms with Gasteiger partial charge in [0.1, 0.15) is 5.75 Å². The van der Waals surface area contributed by atoms with Gasteiger partial charge in [0, 0.05) is 24.0 Å². The highest BCUT2D eigenvalue weighted by atomic mass is 32.2. The largest absolute Gasteiger partial charge is 0.479 e. The lowest BCUT2D eigenvalue weighted by atomic mass is 10.1. The second-order valence-corrected chi connectivity index (χ2v) is 7.86. The van der Waals surface area contributed by atoms with Gasteiger partial charge >= 0.3 is 0 Å². The van der Waals surface area contributed by atoms with E-state index in [2.05, 4.69) is 31.5 Å². The first-order valence-corrected chi connectivity index (χ1v) is 10.6. The van der Waals surface area contributed by atoms with E-state index in [-0.39, 0.29) is 23.5 Å². The summed E-state index contributed by atoms with van der Waals surface area (Å²) < 4.78 is 6.99. The van der Waals surface area contributed by atoms with Crippen LogP contribution in [-0.4, -0.2) is 49.8 Å². The molecule has 3 N–H and O–H groups in total. The zero-order valence-electron chi connectivity index (χ0n) is 17.2. The van der Waals surface area contributed by atoms with E-state index < -0.39 is 6.10 Å². The van der Waals surface area contributed by atoms with Gasteiger partial charge in [-0.15, -0.1) is 5.10 Å². The lowest BCUT2D eigenvalue weighted by Gasteiger charge is -2.23. The van der Waals surface area contributed by atoms with Gasteiger partial charge in [0.2, 0.25) is 11.1 Å². The van der Waals surface area contributed by atoms with Crippen molar-refractivity contribution in [2.24, 2.45) is 7.05 Å². The molecule has 12 heteroatoms. The number of carbonyl (C=O) groups is 3. The monoisotopic (exact) mass is 453 g/mol. The molecule has 1 aliphatic rings. The molecule has 0 saturated carbocycles. The predicted molar refractivity (Wildman–Crippen MR) is 118 cm³/mol. The molecule has 1 atom stereocenters. The number of amides is 3. The predicted octanol–water partition coefficient (Wildman–Crippen LogP) is 1.91. The highest BCUT2D eigenvalue weighted by molar-refractivity contribution is 7.99. The molecule has 32 heavy (non-hydrogen) atoms. The zero-order valence-corrected chi connectivity index (χ0v) is 18.0. The number of aryl methyl sites for hydroxylation is 1. The van der Waals surface area contributed by atoms with Gasteiger partial charge in [-0.2, -0.15) is 0 Å². The minimum absolute atomic E-state index is 0.147. The molecule has 2 aromatic carbocycles. The van der Waals surface area contributed by atoms with Crippen LogP contribution in [0.15, 0.2) is 47.6 Å². The van der Waals surface area contributed by atoms with Crippen molar-refractivity contribution >= 4 is 46.5 Å². The Labute approximate surface area is 186 Å². The first-order chi connectivity index (χ1) is 15.4. The number of nitrogens with one attached hydrogen (secondary N) is 3. The normalized spacial score (nSPS) is 14.7. The Morgan fingerprint density at radius 2 is 1.91 bits per heavy atom. The number of tetrazole rings is 1. The van der Waals surface area contributed by atoms with E-state index in [0.29, 0.717) is 33.5 Å². The summed E-state index contributed by atoms with van der Waals surface area (Å²) in [5, 5.41) is 19.8. The Hall–Kier alpha value is -3.93. The number of hydrogen-bond acceptors (Lipinski definition) is 8. The van der Waals surface area contributed by atoms with Crippen LogP contribution >= 0.6 is 11.8 Å². The summed E-state index contributed by atoms with van der Waals surface area (Å²) in [5.41, 5.74) is 1.99. The number of anilines is 3. The fourth-order valence-electron chi connectivity index (χ4n) is 2.87. The molecule has 3 aromatic rings. The van der Waals surface area contributed by atoms with Crippen molar-refractivity contribution < 1.29 is 19.1 Å². The van der Waals surface area contributed by atoms with E-state index in [0.717, 1.165) is 0 Å². The first-order valence-electron chi connectivity index (χ1n) is 9.57. The quantitative estimate of drug-likeness (QED) is 0.481. The molecular formula is C20H19N7O4S. The van der Waals surface area contributed by atoms with Gasteiger partial charge in [-0.3, -0.25) is 14.4 Å². The Bertz CT molecular complexity index is 1180. The maximum Gasteiger partial charge on any atom is 0.265 e. The summed E-state index contributed by atoms with van der Waals surface area (Å²) in [5.74, 6) is -0.102. The van der Waals surface area contributed by atoms with Crippen LogP contribution in [0.2, 0.25) is 0 Å². The summed E-state index contributed by atoms with van der Waals surface area (Å²) in [6.45, 7) is 1.66. The summed E-state index contributed by atoms with van der Waals surface area (Å²) >= 11 is 1.22. The molecule has 2 heterocycles. The van der Waals surface area contributed by atoms with Gasteiger partial charge in [0.05, 0.1) is 11.4 Å². The standard InChI is InChI=1S/C20H19N7O4S/c1-11-18(29)23-15-9-14(7-8-16(15)31-11)22-19(30)12-3-5-13(6-4-12)21-17(28)10-32-20-24-25-26-27(20)2/h3-9,11H,10H2,1-2H3,(H,21,28)(H,22,30)(H,23,29)/t11-/m0/s1. The van der Waals surface area contributed by atoms with E-state index >= 15 is 0 Å². The number of ether oxygens (including phenoxy) is 1. The van der Waals surface area contributed by atoms with Crippen molar-refractivity contribution in [1.82, 2.24) is 20.2 Å². The molecule has 3 amide bonds. The SMILES string of the molecule is C[C@@H]1Oc2ccc(NC(=O)c3ccc(NC(=O)CSc4nnnn4C)cc3)cc2NC1=O. The third-order valence-corrected chi connectivity index (χ3v) is 5.52. The second kappa shape index (κ2) is 9.06. The van der Waals surface area contributed by atoms with Crippen molar-refractivity contribution in [1.29, 1.82) is 0 Å². The fraction of sp³-hybridized carbons (Fsp3) is 0.200. The van der Waals surface area contributed by atoms with Crippen molar-refractivity contribution in [3.05, 3.63) is 48.0 Å². The topological polar surface area (TPSA) is 140 Å². The number of nitrogens with zero attached hydrogens (tertiary/aromatic N) is 4. The molecule has 164 valence electrons. The molecule has 11 nitrogen and oxygen atoms in total. The maximum absolute atomic E-state index is 12.6. The van der Waals surface area contributed by atoms with Gasteiger partial charge in [-0.1, -0.05) is 11.8 Å². The second-order valence-electron chi connectivity index (χ2n) is 6.91. The third kappa shape index (κ3) is 4.86. The van der Waals surface area contributed by atoms with Crippen molar-refractivity contribution in [3.8, 4) is 5.75 Å². The average Bonchev–Trinajstić information content (AvgIpc) is 3.18. The molecule has 0 fully saturated rings. The highest BCUT2D eigenvalue weighted by Crippen LogP contribution is 2.32. The third-order valence-electron chi connectivity index (χ3n) is 4.51. The smallest absolute Gasteiger partial charge is 0.265 e. The molecular weight excluding hydrogens is 434 g/mol. The number of aromatic nitrogens is 4. The van der Waals surface area contributed by atoms with Crippen LogP contribution < -0.4 is 20.7 Å². The van der Waals surface area contributed by atoms with Gasteiger partial charge in [0.25, 0.3) is 11.8 Å². The van der Waals surface area contributed by atoms with Gasteiger partial charge < -0.3 is 20.7 Å². The van der Waals surface area contributed by atoms with Crippen LogP contribution in [0.3, 0.4) is 0 Å². The molecule has 0 bridgehead atoms.